The largest absolute Gasteiger partial charge is 0.366 e. The lowest BCUT2D eigenvalue weighted by atomic mass is 10.1. The first-order valence-electron chi connectivity index (χ1n) is 6.37. The van der Waals surface area contributed by atoms with Crippen LogP contribution >= 0.6 is 0 Å². The number of hydrogen-bond donors (Lipinski definition) is 1. The van der Waals surface area contributed by atoms with Crippen molar-refractivity contribution in [2.45, 2.75) is 26.1 Å². The summed E-state index contributed by atoms with van der Waals surface area (Å²) in [6.45, 7) is 3.48. The van der Waals surface area contributed by atoms with Crippen LogP contribution in [0.4, 0.5) is 0 Å². The Labute approximate surface area is 116 Å². The summed E-state index contributed by atoms with van der Waals surface area (Å²) in [6.07, 6.45) is 0.456. The van der Waals surface area contributed by atoms with E-state index in [-0.39, 0.29) is 13.2 Å². The number of carbonyl (C=O) groups excluding carboxylic acids is 2. The maximum Gasteiger partial charge on any atom is 0.285 e. The van der Waals surface area contributed by atoms with E-state index in [2.05, 4.69) is 0 Å². The van der Waals surface area contributed by atoms with E-state index in [4.69, 9.17) is 9.57 Å². The highest BCUT2D eigenvalue weighted by molar-refractivity contribution is 6.20. The van der Waals surface area contributed by atoms with Crippen LogP contribution in [0.5, 0.6) is 0 Å². The molecular formula is C14H17NO5. The van der Waals surface area contributed by atoms with E-state index in [1.54, 1.807) is 24.3 Å². The van der Waals surface area contributed by atoms with Gasteiger partial charge in [-0.15, -0.1) is 5.06 Å². The summed E-state index contributed by atoms with van der Waals surface area (Å²) in [5.41, 5.74) is 0.704. The van der Waals surface area contributed by atoms with E-state index in [1.165, 1.54) is 13.8 Å². The molecular weight excluding hydrogens is 262 g/mol. The SMILES string of the molecule is CC(C)(O)OCCCON1C(=O)c2ccccc2C1=O. The third-order valence-electron chi connectivity index (χ3n) is 2.72. The van der Waals surface area contributed by atoms with E-state index in [0.717, 1.165) is 5.06 Å². The molecule has 0 aromatic heterocycles. The molecule has 1 N–H and O–H groups in total. The fourth-order valence-electron chi connectivity index (χ4n) is 1.82. The lowest BCUT2D eigenvalue weighted by Crippen LogP contribution is -2.31. The molecule has 0 fully saturated rings. The quantitative estimate of drug-likeness (QED) is 0.483. The minimum Gasteiger partial charge on any atom is -0.366 e. The molecule has 6 heteroatoms. The van der Waals surface area contributed by atoms with Gasteiger partial charge in [0.2, 0.25) is 0 Å². The molecule has 2 amide bonds. The first kappa shape index (κ1) is 14.6. The number of carbonyl (C=O) groups is 2. The first-order valence-corrected chi connectivity index (χ1v) is 6.37. The van der Waals surface area contributed by atoms with Crippen molar-refractivity contribution in [2.75, 3.05) is 13.2 Å². The predicted molar refractivity (Wildman–Crippen MR) is 69.8 cm³/mol. The van der Waals surface area contributed by atoms with E-state index < -0.39 is 17.6 Å². The van der Waals surface area contributed by atoms with Gasteiger partial charge < -0.3 is 9.84 Å². The number of fused-ring (bicyclic) bond motifs is 1. The van der Waals surface area contributed by atoms with Gasteiger partial charge in [-0.2, -0.15) is 0 Å². The molecule has 0 saturated carbocycles. The number of benzene rings is 1. The zero-order valence-electron chi connectivity index (χ0n) is 11.5. The molecule has 0 bridgehead atoms. The average molecular weight is 279 g/mol. The molecule has 0 radical (unpaired) electrons. The Hall–Kier alpha value is -1.76. The molecule has 1 aliphatic heterocycles. The fourth-order valence-corrected chi connectivity index (χ4v) is 1.82. The van der Waals surface area contributed by atoms with Crippen LogP contribution in [0.1, 0.15) is 41.0 Å². The summed E-state index contributed by atoms with van der Waals surface area (Å²) in [5, 5.41) is 10.1. The highest BCUT2D eigenvalue weighted by Crippen LogP contribution is 2.22. The third kappa shape index (κ3) is 3.22. The molecule has 0 spiro atoms. The number of amides is 2. The van der Waals surface area contributed by atoms with Gasteiger partial charge in [0, 0.05) is 0 Å². The summed E-state index contributed by atoms with van der Waals surface area (Å²) in [6, 6.07) is 6.59. The van der Waals surface area contributed by atoms with Crippen LogP contribution in [0.2, 0.25) is 0 Å². The number of imide groups is 1. The Bertz CT molecular complexity index is 486. The van der Waals surface area contributed by atoms with Crippen LogP contribution in [0, 0.1) is 0 Å². The standard InChI is InChI=1S/C14H17NO5/c1-14(2,18)19-8-5-9-20-15-12(16)10-6-3-4-7-11(10)13(15)17/h3-4,6-7,18H,5,8-9H2,1-2H3. The molecule has 1 aromatic rings. The van der Waals surface area contributed by atoms with Crippen molar-refractivity contribution in [3.63, 3.8) is 0 Å². The van der Waals surface area contributed by atoms with E-state index in [1.807, 2.05) is 0 Å². The zero-order chi connectivity index (χ0) is 14.8. The van der Waals surface area contributed by atoms with Crippen LogP contribution in [0.3, 0.4) is 0 Å². The van der Waals surface area contributed by atoms with Crippen molar-refractivity contribution in [3.8, 4) is 0 Å². The second-order valence-electron chi connectivity index (χ2n) is 4.93. The molecule has 20 heavy (non-hydrogen) atoms. The minimum absolute atomic E-state index is 0.154. The molecule has 0 aliphatic carbocycles. The number of hydroxylamine groups is 2. The molecule has 2 rings (SSSR count). The molecule has 0 atom stereocenters. The van der Waals surface area contributed by atoms with Gasteiger partial charge in [-0.3, -0.25) is 14.4 Å². The van der Waals surface area contributed by atoms with Gasteiger partial charge in [0.1, 0.15) is 0 Å². The summed E-state index contributed by atoms with van der Waals surface area (Å²) < 4.78 is 5.10. The van der Waals surface area contributed by atoms with Crippen LogP contribution in [0.25, 0.3) is 0 Å². The van der Waals surface area contributed by atoms with Gasteiger partial charge in [-0.25, -0.2) is 0 Å². The van der Waals surface area contributed by atoms with E-state index in [9.17, 15) is 14.7 Å². The highest BCUT2D eigenvalue weighted by atomic mass is 16.7. The van der Waals surface area contributed by atoms with Crippen molar-refractivity contribution in [3.05, 3.63) is 35.4 Å². The molecule has 108 valence electrons. The van der Waals surface area contributed by atoms with Crippen LogP contribution in [0.15, 0.2) is 24.3 Å². The second kappa shape index (κ2) is 5.70. The maximum absolute atomic E-state index is 11.9. The monoisotopic (exact) mass is 279 g/mol. The van der Waals surface area contributed by atoms with Gasteiger partial charge in [0.05, 0.1) is 24.3 Å². The van der Waals surface area contributed by atoms with Crippen molar-refractivity contribution in [2.24, 2.45) is 0 Å². The molecule has 0 unspecified atom stereocenters. The Morgan fingerprint density at radius 1 is 1.10 bits per heavy atom. The Kier molecular flexibility index (Phi) is 4.17. The first-order chi connectivity index (χ1) is 9.40. The molecule has 0 saturated heterocycles. The average Bonchev–Trinajstić information content (AvgIpc) is 2.62. The van der Waals surface area contributed by atoms with Crippen molar-refractivity contribution in [1.29, 1.82) is 0 Å². The topological polar surface area (TPSA) is 76.1 Å². The smallest absolute Gasteiger partial charge is 0.285 e. The van der Waals surface area contributed by atoms with E-state index >= 15 is 0 Å². The number of aliphatic hydroxyl groups is 1. The molecule has 1 aromatic carbocycles. The van der Waals surface area contributed by atoms with Crippen molar-refractivity contribution >= 4 is 11.8 Å². The van der Waals surface area contributed by atoms with Crippen LogP contribution < -0.4 is 0 Å². The second-order valence-corrected chi connectivity index (χ2v) is 4.93. The number of nitrogens with zero attached hydrogens (tertiary/aromatic N) is 1. The number of ether oxygens (including phenoxy) is 1. The van der Waals surface area contributed by atoms with Crippen LogP contribution in [-0.4, -0.2) is 41.0 Å². The lowest BCUT2D eigenvalue weighted by Gasteiger charge is -2.18. The summed E-state index contributed by atoms with van der Waals surface area (Å²) >= 11 is 0. The molecule has 1 heterocycles. The van der Waals surface area contributed by atoms with Gasteiger partial charge in [0.25, 0.3) is 11.8 Å². The van der Waals surface area contributed by atoms with Gasteiger partial charge in [0.15, 0.2) is 5.79 Å². The fraction of sp³-hybridized carbons (Fsp3) is 0.429. The van der Waals surface area contributed by atoms with E-state index in [0.29, 0.717) is 17.5 Å². The Balaban J connectivity index is 1.84. The summed E-state index contributed by atoms with van der Waals surface area (Å²) in [5.74, 6) is -2.10. The van der Waals surface area contributed by atoms with Crippen molar-refractivity contribution in [1.82, 2.24) is 5.06 Å². The van der Waals surface area contributed by atoms with Gasteiger partial charge in [-0.1, -0.05) is 12.1 Å². The Morgan fingerprint density at radius 3 is 2.15 bits per heavy atom. The summed E-state index contributed by atoms with van der Waals surface area (Å²) in [7, 11) is 0. The predicted octanol–water partition coefficient (Wildman–Crippen LogP) is 1.35. The number of rotatable bonds is 6. The van der Waals surface area contributed by atoms with Gasteiger partial charge >= 0.3 is 0 Å². The zero-order valence-corrected chi connectivity index (χ0v) is 11.5. The normalized spacial score (nSPS) is 14.8. The van der Waals surface area contributed by atoms with Gasteiger partial charge in [-0.05, 0) is 32.4 Å². The number of hydrogen-bond acceptors (Lipinski definition) is 5. The van der Waals surface area contributed by atoms with Crippen molar-refractivity contribution < 1.29 is 24.3 Å². The molecule has 6 nitrogen and oxygen atoms in total. The minimum atomic E-state index is -1.20. The maximum atomic E-state index is 11.9. The lowest BCUT2D eigenvalue weighted by molar-refractivity contribution is -0.181. The third-order valence-corrected chi connectivity index (χ3v) is 2.72. The molecule has 1 aliphatic rings. The summed E-state index contributed by atoms with van der Waals surface area (Å²) in [4.78, 5) is 29.1. The van der Waals surface area contributed by atoms with Crippen LogP contribution in [-0.2, 0) is 9.57 Å². The Morgan fingerprint density at radius 2 is 1.65 bits per heavy atom. The highest BCUT2D eigenvalue weighted by Gasteiger charge is 2.36.